The van der Waals surface area contributed by atoms with Gasteiger partial charge in [-0.05, 0) is 44.0 Å². The maximum atomic E-state index is 12.8. The molecule has 2 rings (SSSR count). The van der Waals surface area contributed by atoms with Gasteiger partial charge in [0.05, 0.1) is 6.54 Å². The van der Waals surface area contributed by atoms with E-state index in [4.69, 9.17) is 6.42 Å². The summed E-state index contributed by atoms with van der Waals surface area (Å²) in [6, 6.07) is 6.92. The van der Waals surface area contributed by atoms with Gasteiger partial charge in [0.1, 0.15) is 5.69 Å². The molecule has 0 radical (unpaired) electrons. The van der Waals surface area contributed by atoms with E-state index in [2.05, 4.69) is 16.2 Å². The molecule has 1 aromatic heterocycles. The normalized spacial score (nSPS) is 10.2. The average molecular weight is 365 g/mol. The van der Waals surface area contributed by atoms with Crippen molar-refractivity contribution in [1.29, 1.82) is 0 Å². The topological polar surface area (TPSA) is 82.3 Å². The number of carbonyl (C=O) groups is 3. The van der Waals surface area contributed by atoms with E-state index >= 15 is 0 Å². The maximum Gasteiger partial charge on any atom is 0.270 e. The van der Waals surface area contributed by atoms with Crippen LogP contribution in [0.15, 0.2) is 24.3 Å². The summed E-state index contributed by atoms with van der Waals surface area (Å²) in [6.07, 6.45) is 5.89. The number of hydrogen-bond acceptors (Lipinski definition) is 3. The molecule has 0 atom stereocenters. The van der Waals surface area contributed by atoms with Gasteiger partial charge in [-0.15, -0.1) is 6.42 Å². The van der Waals surface area contributed by atoms with Gasteiger partial charge >= 0.3 is 0 Å². The number of hydrogen-bond donors (Lipinski definition) is 2. The summed E-state index contributed by atoms with van der Waals surface area (Å²) in [5, 5.41) is 2.72. The van der Waals surface area contributed by atoms with E-state index in [-0.39, 0.29) is 24.1 Å². The van der Waals surface area contributed by atoms with E-state index in [1.807, 2.05) is 6.92 Å². The number of ketones is 1. The van der Waals surface area contributed by atoms with Crippen LogP contribution in [-0.2, 0) is 11.2 Å². The van der Waals surface area contributed by atoms with E-state index in [1.54, 1.807) is 38.2 Å². The van der Waals surface area contributed by atoms with Crippen molar-refractivity contribution in [1.82, 2.24) is 9.88 Å². The van der Waals surface area contributed by atoms with E-state index in [0.29, 0.717) is 40.2 Å². The van der Waals surface area contributed by atoms with Gasteiger partial charge in [-0.25, -0.2) is 0 Å². The molecule has 27 heavy (non-hydrogen) atoms. The Balaban J connectivity index is 2.14. The highest BCUT2D eigenvalue weighted by Crippen LogP contribution is 2.21. The van der Waals surface area contributed by atoms with Crippen LogP contribution in [0.25, 0.3) is 0 Å². The lowest BCUT2D eigenvalue weighted by Crippen LogP contribution is -2.35. The minimum absolute atomic E-state index is 0.0894. The van der Waals surface area contributed by atoms with E-state index in [0.717, 1.165) is 0 Å². The maximum absolute atomic E-state index is 12.8. The summed E-state index contributed by atoms with van der Waals surface area (Å²) in [6.45, 7) is 5.00. The Morgan fingerprint density at radius 2 is 2.00 bits per heavy atom. The lowest BCUT2D eigenvalue weighted by molar-refractivity contribution is -0.116. The zero-order chi connectivity index (χ0) is 20.1. The summed E-state index contributed by atoms with van der Waals surface area (Å²) in [5.74, 6) is 1.74. The minimum Gasteiger partial charge on any atom is -0.354 e. The second kappa shape index (κ2) is 8.37. The number of anilines is 1. The molecule has 0 fully saturated rings. The average Bonchev–Trinajstić information content (AvgIpc) is 2.97. The molecular weight excluding hydrogens is 342 g/mol. The molecule has 6 heteroatoms. The molecular formula is C21H23N3O3. The van der Waals surface area contributed by atoms with Gasteiger partial charge in [-0.1, -0.05) is 18.9 Å². The SMILES string of the molecule is C#Cc1cccc(NC(=O)CN(C)C(=O)c2[nH]c(C)c(C(C)=O)c2CC)c1. The third kappa shape index (κ3) is 4.45. The molecule has 0 bridgehead atoms. The first kappa shape index (κ1) is 20.0. The molecule has 0 aliphatic rings. The Hall–Kier alpha value is -3.33. The molecule has 140 valence electrons. The molecule has 2 amide bonds. The highest BCUT2D eigenvalue weighted by Gasteiger charge is 2.24. The van der Waals surface area contributed by atoms with Gasteiger partial charge in [-0.2, -0.15) is 0 Å². The van der Waals surface area contributed by atoms with E-state index in [9.17, 15) is 14.4 Å². The molecule has 0 saturated carbocycles. The number of benzene rings is 1. The molecule has 2 aromatic rings. The summed E-state index contributed by atoms with van der Waals surface area (Å²) in [5.41, 5.74) is 3.46. The Morgan fingerprint density at radius 3 is 2.59 bits per heavy atom. The van der Waals surface area contributed by atoms with Crippen LogP contribution < -0.4 is 5.32 Å². The number of amides is 2. The van der Waals surface area contributed by atoms with Crippen LogP contribution >= 0.6 is 0 Å². The van der Waals surface area contributed by atoms with Crippen LogP contribution in [-0.4, -0.2) is 41.1 Å². The molecule has 6 nitrogen and oxygen atoms in total. The molecule has 0 aliphatic carbocycles. The van der Waals surface area contributed by atoms with Crippen molar-refractivity contribution in [2.75, 3.05) is 18.9 Å². The van der Waals surface area contributed by atoms with Crippen LogP contribution in [0.1, 0.15) is 51.5 Å². The van der Waals surface area contributed by atoms with Crippen molar-refractivity contribution in [3.8, 4) is 12.3 Å². The van der Waals surface area contributed by atoms with Crippen LogP contribution in [0.5, 0.6) is 0 Å². The summed E-state index contributed by atoms with van der Waals surface area (Å²) < 4.78 is 0. The van der Waals surface area contributed by atoms with Crippen molar-refractivity contribution < 1.29 is 14.4 Å². The van der Waals surface area contributed by atoms with Crippen molar-refractivity contribution in [3.05, 3.63) is 52.3 Å². The molecule has 1 heterocycles. The molecule has 1 aromatic carbocycles. The van der Waals surface area contributed by atoms with E-state index < -0.39 is 0 Å². The Kier molecular flexibility index (Phi) is 6.19. The third-order valence-corrected chi connectivity index (χ3v) is 4.25. The van der Waals surface area contributed by atoms with E-state index in [1.165, 1.54) is 11.8 Å². The number of Topliss-reactive ketones (excluding diaryl/α,β-unsaturated/α-hetero) is 1. The molecule has 0 aliphatic heterocycles. The Bertz CT molecular complexity index is 935. The zero-order valence-electron chi connectivity index (χ0n) is 16.0. The lowest BCUT2D eigenvalue weighted by atomic mass is 10.0. The largest absolute Gasteiger partial charge is 0.354 e. The Labute approximate surface area is 159 Å². The number of terminal acetylenes is 1. The van der Waals surface area contributed by atoms with Gasteiger partial charge in [0.2, 0.25) is 5.91 Å². The summed E-state index contributed by atoms with van der Waals surface area (Å²) >= 11 is 0. The van der Waals surface area contributed by atoms with Crippen LogP contribution in [0, 0.1) is 19.3 Å². The molecule has 2 N–H and O–H groups in total. The fourth-order valence-electron chi connectivity index (χ4n) is 3.05. The van der Waals surface area contributed by atoms with Gasteiger partial charge in [0, 0.05) is 29.6 Å². The third-order valence-electron chi connectivity index (χ3n) is 4.25. The quantitative estimate of drug-likeness (QED) is 0.610. The predicted molar refractivity (Wildman–Crippen MR) is 105 cm³/mol. The van der Waals surface area contributed by atoms with Crippen molar-refractivity contribution in [2.45, 2.75) is 27.2 Å². The number of nitrogens with one attached hydrogen (secondary N) is 2. The molecule has 0 saturated heterocycles. The number of nitrogens with zero attached hydrogens (tertiary/aromatic N) is 1. The Morgan fingerprint density at radius 1 is 1.30 bits per heavy atom. The number of rotatable bonds is 6. The first-order valence-corrected chi connectivity index (χ1v) is 8.62. The highest BCUT2D eigenvalue weighted by atomic mass is 16.2. The van der Waals surface area contributed by atoms with Gasteiger partial charge in [0.15, 0.2) is 5.78 Å². The molecule has 0 unspecified atom stereocenters. The fraction of sp³-hybridized carbons (Fsp3) is 0.286. The number of carbonyl (C=O) groups excluding carboxylic acids is 3. The summed E-state index contributed by atoms with van der Waals surface area (Å²) in [7, 11) is 1.54. The number of aromatic amines is 1. The number of aromatic nitrogens is 1. The first-order chi connectivity index (χ1) is 12.8. The summed E-state index contributed by atoms with van der Waals surface area (Å²) in [4.78, 5) is 41.2. The van der Waals surface area contributed by atoms with Crippen molar-refractivity contribution >= 4 is 23.3 Å². The monoisotopic (exact) mass is 365 g/mol. The molecule has 0 spiro atoms. The second-order valence-electron chi connectivity index (χ2n) is 6.32. The fourth-order valence-corrected chi connectivity index (χ4v) is 3.05. The van der Waals surface area contributed by atoms with Crippen LogP contribution in [0.2, 0.25) is 0 Å². The lowest BCUT2D eigenvalue weighted by Gasteiger charge is -2.17. The van der Waals surface area contributed by atoms with Crippen LogP contribution in [0.4, 0.5) is 5.69 Å². The van der Waals surface area contributed by atoms with Gasteiger partial charge in [0.25, 0.3) is 5.91 Å². The predicted octanol–water partition coefficient (Wildman–Crippen LogP) is 2.78. The highest BCUT2D eigenvalue weighted by molar-refractivity contribution is 6.04. The van der Waals surface area contributed by atoms with Gasteiger partial charge in [-0.3, -0.25) is 14.4 Å². The first-order valence-electron chi connectivity index (χ1n) is 8.62. The number of likely N-dealkylation sites (N-methyl/N-ethyl adjacent to an activating group) is 1. The number of H-pyrrole nitrogens is 1. The van der Waals surface area contributed by atoms with Crippen molar-refractivity contribution in [3.63, 3.8) is 0 Å². The van der Waals surface area contributed by atoms with Crippen LogP contribution in [0.3, 0.4) is 0 Å². The standard InChI is InChI=1S/C21H23N3O3/c1-6-15-9-8-10-16(11-15)23-18(26)12-24(5)21(27)20-17(7-2)19(14(4)25)13(3)22-20/h1,8-11,22H,7,12H2,2-5H3,(H,23,26). The van der Waals surface area contributed by atoms with Gasteiger partial charge < -0.3 is 15.2 Å². The van der Waals surface area contributed by atoms with Crippen molar-refractivity contribution in [2.24, 2.45) is 0 Å². The number of aryl methyl sites for hydroxylation is 1. The second-order valence-corrected chi connectivity index (χ2v) is 6.32. The smallest absolute Gasteiger partial charge is 0.270 e. The minimum atomic E-state index is -0.340. The zero-order valence-corrected chi connectivity index (χ0v) is 16.0.